The van der Waals surface area contributed by atoms with Gasteiger partial charge in [0.25, 0.3) is 0 Å². The molecule has 0 aromatic heterocycles. The van der Waals surface area contributed by atoms with Crippen molar-refractivity contribution in [1.82, 2.24) is 0 Å². The van der Waals surface area contributed by atoms with Crippen molar-refractivity contribution in [3.8, 4) is 5.75 Å². The van der Waals surface area contributed by atoms with Crippen molar-refractivity contribution >= 4 is 17.7 Å². The van der Waals surface area contributed by atoms with E-state index in [0.29, 0.717) is 11.1 Å². The Hall–Kier alpha value is -2.99. The van der Waals surface area contributed by atoms with Crippen LogP contribution in [0.5, 0.6) is 5.75 Å². The molecule has 6 heteroatoms. The lowest BCUT2D eigenvalue weighted by atomic mass is 9.48. The van der Waals surface area contributed by atoms with Crippen molar-refractivity contribution in [1.29, 1.82) is 0 Å². The van der Waals surface area contributed by atoms with Crippen LogP contribution in [0.15, 0.2) is 54.6 Å². The van der Waals surface area contributed by atoms with Crippen LogP contribution in [-0.4, -0.2) is 28.4 Å². The van der Waals surface area contributed by atoms with Crippen LogP contribution in [0.1, 0.15) is 71.3 Å². The average Bonchev–Trinajstić information content (AvgIpc) is 2.71. The number of ketones is 1. The minimum absolute atomic E-state index is 0.136. The third-order valence-corrected chi connectivity index (χ3v) is 7.29. The van der Waals surface area contributed by atoms with Gasteiger partial charge in [-0.15, -0.1) is 0 Å². The van der Waals surface area contributed by atoms with Crippen LogP contribution < -0.4 is 10.5 Å². The molecule has 2 atom stereocenters. The number of ether oxygens (including phenoxy) is 1. The zero-order chi connectivity index (χ0) is 26.1. The first kappa shape index (κ1) is 27.3. The van der Waals surface area contributed by atoms with Gasteiger partial charge in [-0.05, 0) is 55.9 Å². The lowest BCUT2D eigenvalue weighted by Crippen LogP contribution is -2.62. The standard InChI is InChI=1S/C28H37NO5/c1-25(2,3)28(8,24(32)33)26(4,5)22(27(6,7)29)23(31)34-20-16-14-19(15-17-20)21(30)18-12-10-9-11-13-18/h9-17,22H,29H2,1-8H3,(H,32,33). The number of nitrogens with two attached hydrogens (primary N) is 1. The number of aliphatic carboxylic acids is 1. The van der Waals surface area contributed by atoms with Crippen LogP contribution >= 0.6 is 0 Å². The van der Waals surface area contributed by atoms with Crippen LogP contribution in [-0.2, 0) is 9.59 Å². The van der Waals surface area contributed by atoms with E-state index >= 15 is 0 Å². The molecule has 0 amide bonds. The normalized spacial score (nSPS) is 15.2. The van der Waals surface area contributed by atoms with Gasteiger partial charge in [-0.1, -0.05) is 65.0 Å². The number of rotatable bonds is 8. The van der Waals surface area contributed by atoms with E-state index < -0.39 is 39.6 Å². The highest BCUT2D eigenvalue weighted by molar-refractivity contribution is 6.09. The highest BCUT2D eigenvalue weighted by Crippen LogP contribution is 2.57. The van der Waals surface area contributed by atoms with Gasteiger partial charge >= 0.3 is 11.9 Å². The molecule has 3 N–H and O–H groups in total. The Labute approximate surface area is 202 Å². The fourth-order valence-electron chi connectivity index (χ4n) is 4.99. The Kier molecular flexibility index (Phi) is 7.48. The van der Waals surface area contributed by atoms with Crippen LogP contribution in [0.3, 0.4) is 0 Å². The second-order valence-electron chi connectivity index (χ2n) is 11.3. The molecule has 0 aliphatic carbocycles. The van der Waals surface area contributed by atoms with Gasteiger partial charge in [-0.25, -0.2) is 0 Å². The highest BCUT2D eigenvalue weighted by atomic mass is 16.5. The monoisotopic (exact) mass is 467 g/mol. The zero-order valence-electron chi connectivity index (χ0n) is 21.4. The van der Waals surface area contributed by atoms with Crippen molar-refractivity contribution in [2.75, 3.05) is 0 Å². The molecule has 0 heterocycles. The van der Waals surface area contributed by atoms with E-state index in [2.05, 4.69) is 0 Å². The van der Waals surface area contributed by atoms with Crippen LogP contribution in [0.2, 0.25) is 0 Å². The summed E-state index contributed by atoms with van der Waals surface area (Å²) in [6.45, 7) is 14.1. The predicted molar refractivity (Wildman–Crippen MR) is 133 cm³/mol. The number of hydrogen-bond acceptors (Lipinski definition) is 5. The molecule has 0 spiro atoms. The number of carbonyl (C=O) groups is 3. The van der Waals surface area contributed by atoms with Crippen LogP contribution in [0.25, 0.3) is 0 Å². The van der Waals surface area contributed by atoms with Gasteiger partial charge in [-0.3, -0.25) is 14.4 Å². The van der Waals surface area contributed by atoms with Crippen molar-refractivity contribution < 1.29 is 24.2 Å². The highest BCUT2D eigenvalue weighted by Gasteiger charge is 2.62. The molecule has 2 unspecified atom stereocenters. The summed E-state index contributed by atoms with van der Waals surface area (Å²) in [6.07, 6.45) is 0. The summed E-state index contributed by atoms with van der Waals surface area (Å²) < 4.78 is 5.69. The molecule has 34 heavy (non-hydrogen) atoms. The van der Waals surface area contributed by atoms with E-state index in [1.807, 2.05) is 26.8 Å². The fraction of sp³-hybridized carbons (Fsp3) is 0.464. The number of esters is 1. The summed E-state index contributed by atoms with van der Waals surface area (Å²) in [4.78, 5) is 38.6. The third kappa shape index (κ3) is 5.07. The molecule has 2 aromatic rings. The summed E-state index contributed by atoms with van der Waals surface area (Å²) in [6, 6.07) is 15.2. The first-order valence-corrected chi connectivity index (χ1v) is 11.4. The first-order chi connectivity index (χ1) is 15.4. The fourth-order valence-corrected chi connectivity index (χ4v) is 4.99. The van der Waals surface area contributed by atoms with Gasteiger partial charge < -0.3 is 15.6 Å². The average molecular weight is 468 g/mol. The van der Waals surface area contributed by atoms with Crippen molar-refractivity contribution in [2.24, 2.45) is 27.9 Å². The molecule has 0 aliphatic heterocycles. The quantitative estimate of drug-likeness (QED) is 0.308. The first-order valence-electron chi connectivity index (χ1n) is 11.4. The number of hydrogen-bond donors (Lipinski definition) is 2. The van der Waals surface area contributed by atoms with E-state index in [4.69, 9.17) is 10.5 Å². The minimum Gasteiger partial charge on any atom is -0.481 e. The Balaban J connectivity index is 2.39. The topological polar surface area (TPSA) is 107 Å². The maximum atomic E-state index is 13.5. The minimum atomic E-state index is -1.30. The molecule has 184 valence electrons. The summed E-state index contributed by atoms with van der Waals surface area (Å²) in [5.41, 5.74) is 3.37. The molecule has 2 rings (SSSR count). The molecule has 0 aliphatic rings. The number of benzene rings is 2. The molecular formula is C28H37NO5. The molecule has 6 nitrogen and oxygen atoms in total. The number of carboxylic acid groups (broad SMARTS) is 1. The summed E-state index contributed by atoms with van der Waals surface area (Å²) in [7, 11) is 0. The molecule has 0 saturated carbocycles. The van der Waals surface area contributed by atoms with Crippen LogP contribution in [0, 0.1) is 22.2 Å². The molecule has 0 saturated heterocycles. The second-order valence-corrected chi connectivity index (χ2v) is 11.3. The summed E-state index contributed by atoms with van der Waals surface area (Å²) in [5, 5.41) is 10.2. The maximum absolute atomic E-state index is 13.5. The van der Waals surface area contributed by atoms with E-state index in [-0.39, 0.29) is 11.5 Å². The lowest BCUT2D eigenvalue weighted by molar-refractivity contribution is -0.179. The van der Waals surface area contributed by atoms with Crippen molar-refractivity contribution in [3.63, 3.8) is 0 Å². The zero-order valence-corrected chi connectivity index (χ0v) is 21.4. The summed E-state index contributed by atoms with van der Waals surface area (Å²) in [5.74, 6) is -2.44. The second kappa shape index (κ2) is 9.34. The Morgan fingerprint density at radius 3 is 1.68 bits per heavy atom. The third-order valence-electron chi connectivity index (χ3n) is 7.29. The van der Waals surface area contributed by atoms with Crippen molar-refractivity contribution in [3.05, 3.63) is 65.7 Å². The van der Waals surface area contributed by atoms with Gasteiger partial charge in [-0.2, -0.15) is 0 Å². The van der Waals surface area contributed by atoms with Gasteiger partial charge in [0, 0.05) is 16.7 Å². The molecule has 0 fully saturated rings. The van der Waals surface area contributed by atoms with Crippen molar-refractivity contribution in [2.45, 2.75) is 60.9 Å². The Bertz CT molecular complexity index is 1040. The predicted octanol–water partition coefficient (Wildman–Crippen LogP) is 5.34. The van der Waals surface area contributed by atoms with Crippen LogP contribution in [0.4, 0.5) is 0 Å². The molecular weight excluding hydrogens is 430 g/mol. The SMILES string of the molecule is CC(C)(N)C(C(=O)Oc1ccc(C(=O)c2ccccc2)cc1)C(C)(C)C(C)(C(=O)O)C(C)(C)C. The van der Waals surface area contributed by atoms with Gasteiger partial charge in [0.15, 0.2) is 5.78 Å². The van der Waals surface area contributed by atoms with E-state index in [9.17, 15) is 19.5 Å². The van der Waals surface area contributed by atoms with Gasteiger partial charge in [0.1, 0.15) is 5.75 Å². The van der Waals surface area contributed by atoms with E-state index in [1.165, 1.54) is 0 Å². The molecule has 0 radical (unpaired) electrons. The lowest BCUT2D eigenvalue weighted by Gasteiger charge is -2.54. The smallest absolute Gasteiger partial charge is 0.316 e. The number of carboxylic acids is 1. The number of carbonyl (C=O) groups excluding carboxylic acids is 2. The Morgan fingerprint density at radius 2 is 1.26 bits per heavy atom. The van der Waals surface area contributed by atoms with Gasteiger partial charge in [0.05, 0.1) is 11.3 Å². The van der Waals surface area contributed by atoms with E-state index in [0.717, 1.165) is 0 Å². The largest absolute Gasteiger partial charge is 0.481 e. The van der Waals surface area contributed by atoms with Gasteiger partial charge in [0.2, 0.25) is 0 Å². The maximum Gasteiger partial charge on any atom is 0.316 e. The summed E-state index contributed by atoms with van der Waals surface area (Å²) >= 11 is 0. The Morgan fingerprint density at radius 1 is 0.794 bits per heavy atom. The van der Waals surface area contributed by atoms with E-state index in [1.54, 1.807) is 83.1 Å². The molecule has 2 aromatic carbocycles. The molecule has 0 bridgehead atoms.